The number of furan rings is 1. The van der Waals surface area contributed by atoms with Gasteiger partial charge in [0.1, 0.15) is 11.3 Å². The van der Waals surface area contributed by atoms with E-state index in [-0.39, 0.29) is 17.9 Å². The Morgan fingerprint density at radius 1 is 1.06 bits per heavy atom. The van der Waals surface area contributed by atoms with E-state index in [1.807, 2.05) is 71.0 Å². The molecule has 4 rings (SSSR count). The first-order chi connectivity index (χ1) is 15.6. The summed E-state index contributed by atoms with van der Waals surface area (Å²) in [6.07, 6.45) is 1.00. The Kier molecular flexibility index (Phi) is 6.38. The van der Waals surface area contributed by atoms with Crippen LogP contribution in [0, 0.1) is 33.6 Å². The first-order valence-corrected chi connectivity index (χ1v) is 12.9. The topological polar surface area (TPSA) is 79.6 Å². The summed E-state index contributed by atoms with van der Waals surface area (Å²) in [5.41, 5.74) is 4.42. The number of piperidine rings is 1. The number of sulfonamides is 1. The maximum Gasteiger partial charge on any atom is 0.243 e. The number of carbonyl (C=O) groups is 1. The number of para-hydroxylation sites is 1. The Hall–Kier alpha value is -2.64. The fourth-order valence-electron chi connectivity index (χ4n) is 5.06. The summed E-state index contributed by atoms with van der Waals surface area (Å²) in [7, 11) is -3.59. The smallest absolute Gasteiger partial charge is 0.243 e. The lowest BCUT2D eigenvalue weighted by molar-refractivity contribution is -0.126. The van der Waals surface area contributed by atoms with Gasteiger partial charge in [0.2, 0.25) is 15.9 Å². The molecule has 1 N–H and O–H groups in total. The lowest BCUT2D eigenvalue weighted by atomic mass is 9.96. The van der Waals surface area contributed by atoms with Crippen LogP contribution in [0.5, 0.6) is 0 Å². The highest BCUT2D eigenvalue weighted by Crippen LogP contribution is 2.31. The molecule has 1 fully saturated rings. The van der Waals surface area contributed by atoms with Crippen LogP contribution in [0.25, 0.3) is 11.0 Å². The fourth-order valence-corrected chi connectivity index (χ4v) is 6.95. The third-order valence-corrected chi connectivity index (χ3v) is 8.86. The molecule has 3 aromatic rings. The lowest BCUT2D eigenvalue weighted by Crippen LogP contribution is -2.43. The average Bonchev–Trinajstić information content (AvgIpc) is 3.10. The monoisotopic (exact) mass is 468 g/mol. The summed E-state index contributed by atoms with van der Waals surface area (Å²) in [5, 5.41) is 4.13. The van der Waals surface area contributed by atoms with Crippen LogP contribution in [-0.2, 0) is 14.8 Å². The van der Waals surface area contributed by atoms with Crippen molar-refractivity contribution >= 4 is 26.9 Å². The van der Waals surface area contributed by atoms with Crippen molar-refractivity contribution in [3.63, 3.8) is 0 Å². The second-order valence-electron chi connectivity index (χ2n) is 9.22. The third kappa shape index (κ3) is 4.44. The predicted molar refractivity (Wildman–Crippen MR) is 130 cm³/mol. The van der Waals surface area contributed by atoms with Crippen molar-refractivity contribution in [2.75, 3.05) is 13.1 Å². The maximum atomic E-state index is 13.3. The molecule has 0 bridgehead atoms. The van der Waals surface area contributed by atoms with E-state index in [4.69, 9.17) is 4.42 Å². The molecule has 6 nitrogen and oxygen atoms in total. The van der Waals surface area contributed by atoms with Crippen molar-refractivity contribution in [1.29, 1.82) is 0 Å². The highest BCUT2D eigenvalue weighted by atomic mass is 32.2. The zero-order valence-electron chi connectivity index (χ0n) is 19.9. The molecular formula is C26H32N2O4S. The molecule has 1 unspecified atom stereocenters. The normalized spacial score (nSPS) is 16.8. The number of hydrogen-bond donors (Lipinski definition) is 1. The Bertz CT molecular complexity index is 1280. The molecule has 1 amide bonds. The van der Waals surface area contributed by atoms with E-state index >= 15 is 0 Å². The largest absolute Gasteiger partial charge is 0.459 e. The Balaban J connectivity index is 1.42. The second-order valence-corrected chi connectivity index (χ2v) is 11.1. The van der Waals surface area contributed by atoms with Crippen LogP contribution in [0.1, 0.15) is 53.8 Å². The minimum Gasteiger partial charge on any atom is -0.459 e. The SMILES string of the molecule is Cc1cc(C)c(S(=O)(=O)N2CCC(C(=O)NC(C)c3oc4ccccc4c3C)CC2)c(C)c1. The molecular weight excluding hydrogens is 436 g/mol. The number of rotatable bonds is 5. The van der Waals surface area contributed by atoms with Crippen molar-refractivity contribution in [2.24, 2.45) is 5.92 Å². The van der Waals surface area contributed by atoms with Gasteiger partial charge < -0.3 is 9.73 Å². The molecule has 2 heterocycles. The zero-order valence-corrected chi connectivity index (χ0v) is 20.8. The molecule has 1 aliphatic heterocycles. The van der Waals surface area contributed by atoms with Crippen LogP contribution >= 0.6 is 0 Å². The molecule has 7 heteroatoms. The van der Waals surface area contributed by atoms with Crippen molar-refractivity contribution < 1.29 is 17.6 Å². The molecule has 176 valence electrons. The van der Waals surface area contributed by atoms with E-state index in [9.17, 15) is 13.2 Å². The summed E-state index contributed by atoms with van der Waals surface area (Å²) < 4.78 is 34.1. The standard InChI is InChI=1S/C26H32N2O4S/c1-16-14-17(2)25(18(3)15-16)33(30,31)28-12-10-21(11-13-28)26(29)27-20(5)24-19(4)22-8-6-7-9-23(22)32-24/h6-9,14-15,20-21H,10-13H2,1-5H3,(H,27,29). The number of aryl methyl sites for hydroxylation is 4. The molecule has 2 aromatic carbocycles. The summed E-state index contributed by atoms with van der Waals surface area (Å²) in [5.74, 6) is 0.487. The van der Waals surface area contributed by atoms with E-state index in [0.717, 1.165) is 39.0 Å². The van der Waals surface area contributed by atoms with E-state index in [0.29, 0.717) is 30.8 Å². The third-order valence-electron chi connectivity index (χ3n) is 6.66. The van der Waals surface area contributed by atoms with Crippen molar-refractivity contribution in [2.45, 2.75) is 58.4 Å². The van der Waals surface area contributed by atoms with E-state index in [2.05, 4.69) is 5.32 Å². The van der Waals surface area contributed by atoms with Crippen LogP contribution in [0.15, 0.2) is 45.7 Å². The maximum absolute atomic E-state index is 13.3. The molecule has 0 radical (unpaired) electrons. The quantitative estimate of drug-likeness (QED) is 0.575. The van der Waals surface area contributed by atoms with Gasteiger partial charge in [-0.1, -0.05) is 35.9 Å². The Morgan fingerprint density at radius 2 is 1.67 bits per heavy atom. The van der Waals surface area contributed by atoms with Crippen LogP contribution in [0.2, 0.25) is 0 Å². The minimum absolute atomic E-state index is 0.0536. The summed E-state index contributed by atoms with van der Waals surface area (Å²) in [6, 6.07) is 11.4. The summed E-state index contributed by atoms with van der Waals surface area (Å²) in [6.45, 7) is 10.3. The van der Waals surface area contributed by atoms with Crippen molar-refractivity contribution in [3.05, 3.63) is 64.4 Å². The van der Waals surface area contributed by atoms with Crippen LogP contribution in [0.3, 0.4) is 0 Å². The first kappa shape index (κ1) is 23.5. The van der Waals surface area contributed by atoms with Gasteiger partial charge in [0.25, 0.3) is 0 Å². The fraction of sp³-hybridized carbons (Fsp3) is 0.423. The van der Waals surface area contributed by atoms with Gasteiger partial charge in [0.15, 0.2) is 0 Å². The van der Waals surface area contributed by atoms with Gasteiger partial charge in [-0.15, -0.1) is 0 Å². The van der Waals surface area contributed by atoms with E-state index < -0.39 is 10.0 Å². The number of nitrogens with one attached hydrogen (secondary N) is 1. The van der Waals surface area contributed by atoms with Gasteiger partial charge in [0.05, 0.1) is 10.9 Å². The molecule has 0 saturated carbocycles. The Morgan fingerprint density at radius 3 is 2.27 bits per heavy atom. The van der Waals surface area contributed by atoms with Crippen molar-refractivity contribution in [3.8, 4) is 0 Å². The second kappa shape index (κ2) is 8.95. The Labute approximate surface area is 196 Å². The first-order valence-electron chi connectivity index (χ1n) is 11.5. The molecule has 33 heavy (non-hydrogen) atoms. The molecule has 1 saturated heterocycles. The van der Waals surface area contributed by atoms with Crippen LogP contribution < -0.4 is 5.32 Å². The van der Waals surface area contributed by atoms with Crippen LogP contribution in [-0.4, -0.2) is 31.7 Å². The lowest BCUT2D eigenvalue weighted by Gasteiger charge is -2.32. The highest BCUT2D eigenvalue weighted by molar-refractivity contribution is 7.89. The van der Waals surface area contributed by atoms with Gasteiger partial charge in [-0.25, -0.2) is 8.42 Å². The number of fused-ring (bicyclic) bond motifs is 1. The predicted octanol–water partition coefficient (Wildman–Crippen LogP) is 4.94. The number of nitrogens with zero attached hydrogens (tertiary/aromatic N) is 1. The number of amides is 1. The minimum atomic E-state index is -3.59. The van der Waals surface area contributed by atoms with E-state index in [1.54, 1.807) is 0 Å². The molecule has 1 atom stereocenters. The van der Waals surface area contributed by atoms with Gasteiger partial charge in [-0.2, -0.15) is 4.31 Å². The van der Waals surface area contributed by atoms with Crippen molar-refractivity contribution in [1.82, 2.24) is 9.62 Å². The molecule has 1 aliphatic rings. The molecule has 1 aromatic heterocycles. The summed E-state index contributed by atoms with van der Waals surface area (Å²) >= 11 is 0. The van der Waals surface area contributed by atoms with Gasteiger partial charge >= 0.3 is 0 Å². The zero-order chi connectivity index (χ0) is 23.9. The number of benzene rings is 2. The average molecular weight is 469 g/mol. The highest BCUT2D eigenvalue weighted by Gasteiger charge is 2.34. The molecule has 0 aliphatic carbocycles. The number of hydrogen-bond acceptors (Lipinski definition) is 4. The van der Waals surface area contributed by atoms with Gasteiger partial charge in [-0.05, 0) is 64.7 Å². The van der Waals surface area contributed by atoms with Gasteiger partial charge in [-0.3, -0.25) is 4.79 Å². The van der Waals surface area contributed by atoms with E-state index in [1.165, 1.54) is 4.31 Å². The summed E-state index contributed by atoms with van der Waals surface area (Å²) in [4.78, 5) is 13.4. The van der Waals surface area contributed by atoms with Crippen LogP contribution in [0.4, 0.5) is 0 Å². The molecule has 0 spiro atoms. The van der Waals surface area contributed by atoms with Gasteiger partial charge in [0, 0.05) is 30.0 Å². The number of carbonyl (C=O) groups excluding carboxylic acids is 1.